The first-order valence-corrected chi connectivity index (χ1v) is 7.09. The lowest BCUT2D eigenvalue weighted by atomic mass is 10.1. The zero-order valence-corrected chi connectivity index (χ0v) is 12.4. The molecule has 0 bridgehead atoms. The predicted molar refractivity (Wildman–Crippen MR) is 86.6 cm³/mol. The van der Waals surface area contributed by atoms with E-state index < -0.39 is 30.6 Å². The summed E-state index contributed by atoms with van der Waals surface area (Å²) in [7, 11) is 0. The number of hydrogen-bond acceptors (Lipinski definition) is 6. The van der Waals surface area contributed by atoms with Gasteiger partial charge in [0.2, 0.25) is 5.91 Å². The average molecular weight is 317 g/mol. The molecule has 2 atom stereocenters. The van der Waals surface area contributed by atoms with Crippen molar-refractivity contribution in [3.63, 3.8) is 0 Å². The molecule has 0 unspecified atom stereocenters. The Morgan fingerprint density at radius 3 is 2.48 bits per heavy atom. The minimum Gasteiger partial charge on any atom is -0.462 e. The molecule has 1 amide bonds. The van der Waals surface area contributed by atoms with Crippen LogP contribution < -0.4 is 16.8 Å². The highest BCUT2D eigenvalue weighted by Gasteiger charge is 2.19. The number of esters is 1. The fourth-order valence-electron chi connectivity index (χ4n) is 1.93. The van der Waals surface area contributed by atoms with Crippen LogP contribution in [0.15, 0.2) is 42.5 Å². The Bertz CT molecular complexity index is 705. The van der Waals surface area contributed by atoms with E-state index in [1.807, 2.05) is 36.4 Å². The molecule has 0 saturated carbocycles. The Balaban J connectivity index is 1.93. The van der Waals surface area contributed by atoms with Crippen LogP contribution in [0, 0.1) is 0 Å². The van der Waals surface area contributed by atoms with Crippen LogP contribution in [0.2, 0.25) is 0 Å². The number of anilines is 1. The van der Waals surface area contributed by atoms with Crippen LogP contribution in [0.1, 0.15) is 0 Å². The summed E-state index contributed by atoms with van der Waals surface area (Å²) < 4.78 is 4.78. The lowest BCUT2D eigenvalue weighted by molar-refractivity contribution is -0.147. The van der Waals surface area contributed by atoms with Crippen molar-refractivity contribution in [1.29, 1.82) is 0 Å². The van der Waals surface area contributed by atoms with Crippen LogP contribution in [0.5, 0.6) is 0 Å². The van der Waals surface area contributed by atoms with E-state index in [0.29, 0.717) is 5.69 Å². The molecular formula is C16H19N3O4. The Hall–Kier alpha value is -2.48. The van der Waals surface area contributed by atoms with Gasteiger partial charge in [0.05, 0.1) is 6.61 Å². The number of amides is 1. The molecule has 0 spiro atoms. The molecule has 23 heavy (non-hydrogen) atoms. The van der Waals surface area contributed by atoms with Gasteiger partial charge < -0.3 is 26.6 Å². The third kappa shape index (κ3) is 4.49. The summed E-state index contributed by atoms with van der Waals surface area (Å²) in [4.78, 5) is 23.3. The van der Waals surface area contributed by atoms with Gasteiger partial charge in [0.15, 0.2) is 0 Å². The largest absolute Gasteiger partial charge is 0.462 e. The van der Waals surface area contributed by atoms with E-state index in [1.165, 1.54) is 0 Å². The second-order valence-corrected chi connectivity index (χ2v) is 5.08. The first-order valence-electron chi connectivity index (χ1n) is 7.09. The van der Waals surface area contributed by atoms with Gasteiger partial charge >= 0.3 is 5.97 Å². The number of nitrogens with one attached hydrogen (secondary N) is 1. The van der Waals surface area contributed by atoms with Gasteiger partial charge in [0, 0.05) is 5.69 Å². The number of fused-ring (bicyclic) bond motifs is 1. The second kappa shape index (κ2) is 7.68. The quantitative estimate of drug-likeness (QED) is 0.554. The Morgan fingerprint density at radius 2 is 1.78 bits per heavy atom. The van der Waals surface area contributed by atoms with Gasteiger partial charge in [-0.05, 0) is 22.9 Å². The average Bonchev–Trinajstić information content (AvgIpc) is 2.58. The van der Waals surface area contributed by atoms with Crippen LogP contribution in [0.4, 0.5) is 5.69 Å². The molecule has 2 aromatic carbocycles. The van der Waals surface area contributed by atoms with Crippen LogP contribution >= 0.6 is 0 Å². The smallest absolute Gasteiger partial charge is 0.325 e. The molecule has 0 saturated heterocycles. The van der Waals surface area contributed by atoms with Crippen molar-refractivity contribution >= 4 is 28.3 Å². The van der Waals surface area contributed by atoms with E-state index in [0.717, 1.165) is 10.8 Å². The summed E-state index contributed by atoms with van der Waals surface area (Å²) in [6.45, 7) is -0.844. The van der Waals surface area contributed by atoms with Gasteiger partial charge in [-0.1, -0.05) is 30.3 Å². The van der Waals surface area contributed by atoms with E-state index in [2.05, 4.69) is 5.32 Å². The third-order valence-corrected chi connectivity index (χ3v) is 3.26. The van der Waals surface area contributed by atoms with E-state index in [9.17, 15) is 9.59 Å². The Labute approximate surface area is 133 Å². The third-order valence-electron chi connectivity index (χ3n) is 3.26. The monoisotopic (exact) mass is 317 g/mol. The number of benzene rings is 2. The number of rotatable bonds is 6. The zero-order chi connectivity index (χ0) is 16.8. The summed E-state index contributed by atoms with van der Waals surface area (Å²) in [6, 6.07) is 11.1. The minimum absolute atomic E-state index is 0.314. The molecular weight excluding hydrogens is 298 g/mol. The van der Waals surface area contributed by atoms with E-state index >= 15 is 0 Å². The van der Waals surface area contributed by atoms with E-state index in [1.54, 1.807) is 6.07 Å². The van der Waals surface area contributed by atoms with Crippen molar-refractivity contribution < 1.29 is 19.4 Å². The molecule has 0 fully saturated rings. The molecule has 122 valence electrons. The number of carbonyl (C=O) groups excluding carboxylic acids is 2. The van der Waals surface area contributed by atoms with Crippen molar-refractivity contribution in [2.45, 2.75) is 12.1 Å². The Kier molecular flexibility index (Phi) is 5.64. The maximum atomic E-state index is 12.0. The SMILES string of the molecule is N[C@@H](COC(=O)[C@@H](N)CO)C(=O)Nc1ccc2ccccc2c1. The van der Waals surface area contributed by atoms with Gasteiger partial charge in [-0.3, -0.25) is 9.59 Å². The highest BCUT2D eigenvalue weighted by molar-refractivity contribution is 5.97. The molecule has 6 N–H and O–H groups in total. The maximum absolute atomic E-state index is 12.0. The molecule has 0 radical (unpaired) electrons. The molecule has 0 aliphatic carbocycles. The van der Waals surface area contributed by atoms with E-state index in [4.69, 9.17) is 21.3 Å². The number of aliphatic hydroxyl groups excluding tert-OH is 1. The van der Waals surface area contributed by atoms with Gasteiger partial charge in [-0.25, -0.2) is 0 Å². The van der Waals surface area contributed by atoms with Crippen LogP contribution in [0.25, 0.3) is 10.8 Å². The number of carbonyl (C=O) groups is 2. The van der Waals surface area contributed by atoms with E-state index in [-0.39, 0.29) is 6.61 Å². The highest BCUT2D eigenvalue weighted by Crippen LogP contribution is 2.18. The molecule has 0 aliphatic heterocycles. The summed E-state index contributed by atoms with van der Waals surface area (Å²) in [5.41, 5.74) is 11.6. The molecule has 7 heteroatoms. The van der Waals surface area contributed by atoms with Crippen LogP contribution in [-0.4, -0.2) is 42.3 Å². The Morgan fingerprint density at radius 1 is 1.09 bits per heavy atom. The number of hydrogen-bond donors (Lipinski definition) is 4. The van der Waals surface area contributed by atoms with Crippen molar-refractivity contribution in [3.8, 4) is 0 Å². The lowest BCUT2D eigenvalue weighted by Gasteiger charge is -2.14. The van der Waals surface area contributed by atoms with Gasteiger partial charge in [0.25, 0.3) is 0 Å². The van der Waals surface area contributed by atoms with Crippen molar-refractivity contribution in [2.75, 3.05) is 18.5 Å². The lowest BCUT2D eigenvalue weighted by Crippen LogP contribution is -2.43. The first kappa shape index (κ1) is 16.9. The first-order chi connectivity index (χ1) is 11.0. The molecule has 0 aliphatic rings. The standard InChI is InChI=1S/C16H19N3O4/c17-13(8-20)16(22)23-9-14(18)15(21)19-12-6-5-10-3-1-2-4-11(10)7-12/h1-7,13-14,20H,8-9,17-18H2,(H,19,21)/t13-,14-/m0/s1. The van der Waals surface area contributed by atoms with Crippen molar-refractivity contribution in [3.05, 3.63) is 42.5 Å². The second-order valence-electron chi connectivity index (χ2n) is 5.08. The molecule has 0 aromatic heterocycles. The maximum Gasteiger partial charge on any atom is 0.325 e. The van der Waals surface area contributed by atoms with Crippen LogP contribution in [0.3, 0.4) is 0 Å². The predicted octanol–water partition coefficient (Wildman–Crippen LogP) is -0.0316. The topological polar surface area (TPSA) is 128 Å². The molecule has 7 nitrogen and oxygen atoms in total. The minimum atomic E-state index is -1.13. The highest BCUT2D eigenvalue weighted by atomic mass is 16.5. The number of nitrogens with two attached hydrogens (primary N) is 2. The normalized spacial score (nSPS) is 13.3. The van der Waals surface area contributed by atoms with Crippen molar-refractivity contribution in [2.24, 2.45) is 11.5 Å². The van der Waals surface area contributed by atoms with Crippen LogP contribution in [-0.2, 0) is 14.3 Å². The summed E-state index contributed by atoms with van der Waals surface area (Å²) in [5.74, 6) is -1.29. The number of ether oxygens (including phenoxy) is 1. The van der Waals surface area contributed by atoms with Crippen molar-refractivity contribution in [1.82, 2.24) is 0 Å². The molecule has 2 aromatic rings. The molecule has 0 heterocycles. The van der Waals surface area contributed by atoms with Gasteiger partial charge in [-0.15, -0.1) is 0 Å². The summed E-state index contributed by atoms with van der Waals surface area (Å²) in [6.07, 6.45) is 0. The van der Waals surface area contributed by atoms with Gasteiger partial charge in [-0.2, -0.15) is 0 Å². The number of aliphatic hydroxyl groups is 1. The summed E-state index contributed by atoms with van der Waals surface area (Å²) in [5, 5.41) is 13.4. The molecule has 2 rings (SSSR count). The fraction of sp³-hybridized carbons (Fsp3) is 0.250. The van der Waals surface area contributed by atoms with Gasteiger partial charge in [0.1, 0.15) is 18.7 Å². The zero-order valence-electron chi connectivity index (χ0n) is 12.4. The summed E-state index contributed by atoms with van der Waals surface area (Å²) >= 11 is 0. The fourth-order valence-corrected chi connectivity index (χ4v) is 1.93.